The van der Waals surface area contributed by atoms with E-state index in [0.717, 1.165) is 45.8 Å². The van der Waals surface area contributed by atoms with Crippen LogP contribution in [0.15, 0.2) is 0 Å². The van der Waals surface area contributed by atoms with Gasteiger partial charge in [0.15, 0.2) is 0 Å². The van der Waals surface area contributed by atoms with E-state index in [1.807, 2.05) is 0 Å². The van der Waals surface area contributed by atoms with Gasteiger partial charge in [0.05, 0.1) is 0 Å². The molecule has 0 aromatic carbocycles. The molecule has 0 fully saturated rings. The molecule has 0 aromatic heterocycles. The zero-order chi connectivity index (χ0) is 12.1. The minimum Gasteiger partial charge on any atom is -0.329 e. The molecule has 0 atom stereocenters. The predicted octanol–water partition coefficient (Wildman–Crippen LogP) is -2.66. The minimum absolute atomic E-state index is 0.693. The largest absolute Gasteiger partial charge is 0.329 e. The van der Waals surface area contributed by atoms with Gasteiger partial charge in [-0.25, -0.2) is 0 Å². The van der Waals surface area contributed by atoms with Crippen molar-refractivity contribution in [2.24, 2.45) is 17.2 Å². The van der Waals surface area contributed by atoms with Gasteiger partial charge in [0, 0.05) is 65.4 Å². The highest BCUT2D eigenvalue weighted by Crippen LogP contribution is 1.83. The maximum absolute atomic E-state index is 5.52. The maximum atomic E-state index is 5.52. The van der Waals surface area contributed by atoms with Gasteiger partial charge in [-0.15, -0.1) is 0 Å². The fraction of sp³-hybridized carbons (Fsp3) is 1.00. The lowest BCUT2D eigenvalue weighted by molar-refractivity contribution is 0.288. The Labute approximate surface area is 98.9 Å². The molecule has 0 amide bonds. The molecule has 0 spiro atoms. The van der Waals surface area contributed by atoms with Crippen LogP contribution in [0.1, 0.15) is 0 Å². The summed E-state index contributed by atoms with van der Waals surface area (Å²) in [6.07, 6.45) is 0. The molecular weight excluding hydrogens is 204 g/mol. The van der Waals surface area contributed by atoms with Gasteiger partial charge < -0.3 is 27.8 Å². The highest BCUT2D eigenvalue weighted by atomic mass is 15.1. The Kier molecular flexibility index (Phi) is 12.6. The second kappa shape index (κ2) is 12.8. The quantitative estimate of drug-likeness (QED) is 0.235. The van der Waals surface area contributed by atoms with Crippen LogP contribution in [0.5, 0.6) is 0 Å². The van der Waals surface area contributed by atoms with Crippen LogP contribution in [-0.4, -0.2) is 70.3 Å². The van der Waals surface area contributed by atoms with Crippen molar-refractivity contribution >= 4 is 0 Å². The summed E-state index contributed by atoms with van der Waals surface area (Å²) < 4.78 is 0. The van der Waals surface area contributed by atoms with E-state index in [4.69, 9.17) is 17.2 Å². The highest BCUT2D eigenvalue weighted by molar-refractivity contribution is 4.61. The SMILES string of the molecule is NCCNCCNCCN(CCN)CCN. The van der Waals surface area contributed by atoms with Crippen molar-refractivity contribution in [2.75, 3.05) is 65.4 Å². The van der Waals surface area contributed by atoms with Crippen LogP contribution in [0.3, 0.4) is 0 Å². The predicted molar refractivity (Wildman–Crippen MR) is 69.3 cm³/mol. The summed E-state index contributed by atoms with van der Waals surface area (Å²) in [5, 5.41) is 6.60. The first kappa shape index (κ1) is 15.8. The van der Waals surface area contributed by atoms with E-state index in [-0.39, 0.29) is 0 Å². The Balaban J connectivity index is 3.25. The number of nitrogens with one attached hydrogen (secondary N) is 2. The average Bonchev–Trinajstić information content (AvgIpc) is 2.28. The minimum atomic E-state index is 0.693. The Bertz CT molecular complexity index is 126. The summed E-state index contributed by atoms with van der Waals surface area (Å²) in [6.45, 7) is 8.72. The van der Waals surface area contributed by atoms with Crippen molar-refractivity contribution in [3.05, 3.63) is 0 Å². The van der Waals surface area contributed by atoms with E-state index in [9.17, 15) is 0 Å². The summed E-state index contributed by atoms with van der Waals surface area (Å²) in [5.74, 6) is 0. The monoisotopic (exact) mass is 232 g/mol. The standard InChI is InChI=1S/C10H28N6/c11-1-4-14-5-6-15-7-10-16(8-2-12)9-3-13/h14-15H,1-13H2. The fourth-order valence-corrected chi connectivity index (χ4v) is 1.47. The molecule has 0 aliphatic rings. The van der Waals surface area contributed by atoms with Gasteiger partial charge in [-0.3, -0.25) is 4.90 Å². The van der Waals surface area contributed by atoms with E-state index in [1.54, 1.807) is 0 Å². The number of hydrogen-bond acceptors (Lipinski definition) is 6. The molecule has 0 bridgehead atoms. The van der Waals surface area contributed by atoms with E-state index in [1.165, 1.54) is 0 Å². The zero-order valence-corrected chi connectivity index (χ0v) is 10.3. The van der Waals surface area contributed by atoms with Crippen LogP contribution in [-0.2, 0) is 0 Å². The lowest BCUT2D eigenvalue weighted by Gasteiger charge is -2.20. The molecule has 98 valence electrons. The van der Waals surface area contributed by atoms with Crippen molar-refractivity contribution < 1.29 is 0 Å². The number of nitrogens with two attached hydrogens (primary N) is 3. The molecule has 6 heteroatoms. The number of rotatable bonds is 12. The van der Waals surface area contributed by atoms with E-state index in [0.29, 0.717) is 19.6 Å². The molecule has 16 heavy (non-hydrogen) atoms. The van der Waals surface area contributed by atoms with Crippen molar-refractivity contribution in [2.45, 2.75) is 0 Å². The molecular formula is C10H28N6. The second-order valence-electron chi connectivity index (χ2n) is 3.71. The first-order chi connectivity index (χ1) is 7.85. The van der Waals surface area contributed by atoms with Gasteiger partial charge in [0.2, 0.25) is 0 Å². The molecule has 0 aliphatic carbocycles. The van der Waals surface area contributed by atoms with Gasteiger partial charge >= 0.3 is 0 Å². The van der Waals surface area contributed by atoms with Crippen molar-refractivity contribution in [1.82, 2.24) is 15.5 Å². The van der Waals surface area contributed by atoms with E-state index < -0.39 is 0 Å². The lowest BCUT2D eigenvalue weighted by Crippen LogP contribution is -2.40. The third-order valence-electron chi connectivity index (χ3n) is 2.30. The van der Waals surface area contributed by atoms with E-state index in [2.05, 4.69) is 15.5 Å². The summed E-state index contributed by atoms with van der Waals surface area (Å²) >= 11 is 0. The first-order valence-electron chi connectivity index (χ1n) is 6.09. The topological polar surface area (TPSA) is 105 Å². The summed E-state index contributed by atoms with van der Waals surface area (Å²) in [7, 11) is 0. The molecule has 0 heterocycles. The molecule has 6 nitrogen and oxygen atoms in total. The average molecular weight is 232 g/mol. The number of hydrogen-bond donors (Lipinski definition) is 5. The zero-order valence-electron chi connectivity index (χ0n) is 10.3. The van der Waals surface area contributed by atoms with Crippen molar-refractivity contribution in [1.29, 1.82) is 0 Å². The van der Waals surface area contributed by atoms with Gasteiger partial charge in [-0.1, -0.05) is 0 Å². The Morgan fingerprint density at radius 3 is 1.69 bits per heavy atom. The fourth-order valence-electron chi connectivity index (χ4n) is 1.47. The molecule has 0 saturated heterocycles. The molecule has 0 aliphatic heterocycles. The smallest absolute Gasteiger partial charge is 0.0108 e. The van der Waals surface area contributed by atoms with Crippen molar-refractivity contribution in [3.63, 3.8) is 0 Å². The Morgan fingerprint density at radius 1 is 0.625 bits per heavy atom. The normalized spacial score (nSPS) is 11.2. The molecule has 0 radical (unpaired) electrons. The van der Waals surface area contributed by atoms with E-state index >= 15 is 0 Å². The lowest BCUT2D eigenvalue weighted by atomic mass is 10.4. The highest BCUT2D eigenvalue weighted by Gasteiger charge is 2.00. The van der Waals surface area contributed by atoms with Crippen LogP contribution in [0, 0.1) is 0 Å². The van der Waals surface area contributed by atoms with Gasteiger partial charge in [-0.2, -0.15) is 0 Å². The Morgan fingerprint density at radius 2 is 1.19 bits per heavy atom. The molecule has 0 saturated carbocycles. The summed E-state index contributed by atoms with van der Waals surface area (Å²) in [4.78, 5) is 2.28. The summed E-state index contributed by atoms with van der Waals surface area (Å²) in [6, 6.07) is 0. The number of nitrogens with zero attached hydrogens (tertiary/aromatic N) is 1. The van der Waals surface area contributed by atoms with Crippen LogP contribution >= 0.6 is 0 Å². The van der Waals surface area contributed by atoms with Gasteiger partial charge in [-0.05, 0) is 0 Å². The van der Waals surface area contributed by atoms with Crippen LogP contribution in [0.4, 0.5) is 0 Å². The molecule has 8 N–H and O–H groups in total. The van der Waals surface area contributed by atoms with Gasteiger partial charge in [0.1, 0.15) is 0 Å². The van der Waals surface area contributed by atoms with Gasteiger partial charge in [0.25, 0.3) is 0 Å². The first-order valence-corrected chi connectivity index (χ1v) is 6.09. The third kappa shape index (κ3) is 10.3. The Hall–Kier alpha value is -0.240. The van der Waals surface area contributed by atoms with Crippen LogP contribution in [0.2, 0.25) is 0 Å². The molecule has 0 aromatic rings. The molecule has 0 rings (SSSR count). The summed E-state index contributed by atoms with van der Waals surface area (Å²) in [5.41, 5.74) is 16.4. The van der Waals surface area contributed by atoms with Crippen LogP contribution in [0.25, 0.3) is 0 Å². The molecule has 0 unspecified atom stereocenters. The van der Waals surface area contributed by atoms with Crippen molar-refractivity contribution in [3.8, 4) is 0 Å². The third-order valence-corrected chi connectivity index (χ3v) is 2.30. The maximum Gasteiger partial charge on any atom is 0.0108 e. The van der Waals surface area contributed by atoms with Crippen LogP contribution < -0.4 is 27.8 Å². The second-order valence-corrected chi connectivity index (χ2v) is 3.71.